The molecule has 3 heteroatoms. The van der Waals surface area contributed by atoms with Crippen molar-refractivity contribution in [2.24, 2.45) is 11.3 Å². The molecule has 1 fully saturated rings. The summed E-state index contributed by atoms with van der Waals surface area (Å²) in [6.07, 6.45) is 0.00858. The predicted molar refractivity (Wildman–Crippen MR) is 73.0 cm³/mol. The molecule has 0 spiro atoms. The zero-order valence-corrected chi connectivity index (χ0v) is 12.8. The lowest BCUT2D eigenvalue weighted by atomic mass is 9.81. The molecule has 1 rings (SSSR count). The minimum Gasteiger partial charge on any atom is -0.295 e. The first-order valence-electron chi connectivity index (χ1n) is 7.08. The molecule has 108 valence electrons. The normalized spacial score (nSPS) is 28.5. The van der Waals surface area contributed by atoms with Gasteiger partial charge in [-0.15, -0.1) is 0 Å². The van der Waals surface area contributed by atoms with Gasteiger partial charge in [0, 0.05) is 17.5 Å². The van der Waals surface area contributed by atoms with E-state index in [1.807, 2.05) is 0 Å². The Morgan fingerprint density at radius 2 is 1.50 bits per heavy atom. The molecule has 0 saturated carbocycles. The lowest BCUT2D eigenvalue weighted by Gasteiger charge is -2.46. The van der Waals surface area contributed by atoms with Crippen LogP contribution in [-0.4, -0.2) is 29.5 Å². The number of likely N-dealkylation sites (tertiary alicyclic amines) is 1. The van der Waals surface area contributed by atoms with E-state index in [0.29, 0.717) is 18.9 Å². The highest BCUT2D eigenvalue weighted by Gasteiger charge is 2.39. The van der Waals surface area contributed by atoms with E-state index in [1.165, 1.54) is 0 Å². The van der Waals surface area contributed by atoms with E-state index in [-0.39, 0.29) is 11.0 Å². The summed E-state index contributed by atoms with van der Waals surface area (Å²) >= 11 is 0. The largest absolute Gasteiger partial charge is 0.295 e. The van der Waals surface area contributed by atoms with Crippen molar-refractivity contribution in [3.63, 3.8) is 0 Å². The molecule has 0 bridgehead atoms. The van der Waals surface area contributed by atoms with Gasteiger partial charge < -0.3 is 0 Å². The molecular formula is C15H29F2N. The van der Waals surface area contributed by atoms with E-state index < -0.39 is 12.3 Å². The molecule has 0 aromatic heterocycles. The summed E-state index contributed by atoms with van der Waals surface area (Å²) in [6.45, 7) is 14.0. The maximum absolute atomic E-state index is 12.9. The third kappa shape index (κ3) is 3.91. The van der Waals surface area contributed by atoms with Crippen LogP contribution in [0.4, 0.5) is 8.78 Å². The summed E-state index contributed by atoms with van der Waals surface area (Å²) in [5.41, 5.74) is 0.194. The number of nitrogens with zero attached hydrogens (tertiary/aromatic N) is 1. The van der Waals surface area contributed by atoms with Crippen LogP contribution in [-0.2, 0) is 0 Å². The van der Waals surface area contributed by atoms with Crippen molar-refractivity contribution >= 4 is 0 Å². The molecule has 0 aliphatic carbocycles. The molecule has 0 aromatic rings. The van der Waals surface area contributed by atoms with Crippen LogP contribution in [0, 0.1) is 11.3 Å². The van der Waals surface area contributed by atoms with Crippen LogP contribution in [0.2, 0.25) is 0 Å². The van der Waals surface area contributed by atoms with Gasteiger partial charge in [0.25, 0.3) is 0 Å². The highest BCUT2D eigenvalue weighted by atomic mass is 19.3. The molecule has 2 unspecified atom stereocenters. The minimum absolute atomic E-state index is 0.0506. The van der Waals surface area contributed by atoms with Gasteiger partial charge in [0.15, 0.2) is 0 Å². The minimum atomic E-state index is -2.16. The van der Waals surface area contributed by atoms with Crippen LogP contribution in [0.25, 0.3) is 0 Å². The topological polar surface area (TPSA) is 3.24 Å². The number of hydrogen-bond donors (Lipinski definition) is 0. The number of alkyl halides is 2. The first-order valence-corrected chi connectivity index (χ1v) is 7.08. The van der Waals surface area contributed by atoms with Crippen molar-refractivity contribution in [2.75, 3.05) is 6.54 Å². The second-order valence-corrected chi connectivity index (χ2v) is 7.71. The summed E-state index contributed by atoms with van der Waals surface area (Å²) < 4.78 is 25.9. The van der Waals surface area contributed by atoms with Crippen molar-refractivity contribution in [2.45, 2.75) is 78.8 Å². The maximum atomic E-state index is 12.9. The lowest BCUT2D eigenvalue weighted by Crippen LogP contribution is -2.52. The molecule has 1 aliphatic rings. The molecule has 0 amide bonds. The predicted octanol–water partition coefficient (Wildman–Crippen LogP) is 4.57. The third-order valence-electron chi connectivity index (χ3n) is 4.15. The molecule has 1 heterocycles. The summed E-state index contributed by atoms with van der Waals surface area (Å²) in [4.78, 5) is 2.44. The molecule has 18 heavy (non-hydrogen) atoms. The first-order chi connectivity index (χ1) is 8.03. The Hall–Kier alpha value is -0.180. The summed E-state index contributed by atoms with van der Waals surface area (Å²) in [6, 6.07) is 0.390. The Bertz CT molecular complexity index is 239. The molecular weight excluding hydrogens is 232 g/mol. The fourth-order valence-corrected chi connectivity index (χ4v) is 3.09. The van der Waals surface area contributed by atoms with Crippen molar-refractivity contribution < 1.29 is 8.78 Å². The number of halogens is 2. The summed E-state index contributed by atoms with van der Waals surface area (Å²) in [5, 5.41) is 0. The van der Waals surface area contributed by atoms with Crippen LogP contribution in [0.3, 0.4) is 0 Å². The molecule has 2 atom stereocenters. The van der Waals surface area contributed by atoms with E-state index in [2.05, 4.69) is 46.4 Å². The average molecular weight is 261 g/mol. The SMILES string of the molecule is CC(C)(C)C1CCC(C(F)F)CCN1C(C)(C)C. The van der Waals surface area contributed by atoms with E-state index in [4.69, 9.17) is 0 Å². The molecule has 0 radical (unpaired) electrons. The van der Waals surface area contributed by atoms with Gasteiger partial charge in [0.05, 0.1) is 0 Å². The van der Waals surface area contributed by atoms with Crippen molar-refractivity contribution in [1.82, 2.24) is 4.90 Å². The zero-order valence-electron chi connectivity index (χ0n) is 12.8. The second kappa shape index (κ2) is 5.44. The lowest BCUT2D eigenvalue weighted by molar-refractivity contribution is 0.0233. The Balaban J connectivity index is 2.91. The number of rotatable bonds is 1. The Labute approximate surface area is 111 Å². The van der Waals surface area contributed by atoms with Gasteiger partial charge >= 0.3 is 0 Å². The van der Waals surface area contributed by atoms with Gasteiger partial charge in [-0.3, -0.25) is 4.90 Å². The van der Waals surface area contributed by atoms with E-state index in [9.17, 15) is 8.78 Å². The van der Waals surface area contributed by atoms with Crippen LogP contribution >= 0.6 is 0 Å². The summed E-state index contributed by atoms with van der Waals surface area (Å²) in [5.74, 6) is -0.415. The fourth-order valence-electron chi connectivity index (χ4n) is 3.09. The van der Waals surface area contributed by atoms with Gasteiger partial charge in [-0.25, -0.2) is 8.78 Å². The smallest absolute Gasteiger partial charge is 0.241 e. The third-order valence-corrected chi connectivity index (χ3v) is 4.15. The molecule has 1 aliphatic heterocycles. The highest BCUT2D eigenvalue weighted by Crippen LogP contribution is 2.38. The summed E-state index contributed by atoms with van der Waals surface area (Å²) in [7, 11) is 0. The first kappa shape index (κ1) is 15.9. The zero-order chi connectivity index (χ0) is 14.1. The fraction of sp³-hybridized carbons (Fsp3) is 1.00. The number of hydrogen-bond acceptors (Lipinski definition) is 1. The van der Waals surface area contributed by atoms with E-state index in [0.717, 1.165) is 13.0 Å². The maximum Gasteiger partial charge on any atom is 0.241 e. The molecule has 0 N–H and O–H groups in total. The van der Waals surface area contributed by atoms with Crippen LogP contribution in [0.15, 0.2) is 0 Å². The molecule has 1 nitrogen and oxygen atoms in total. The van der Waals surface area contributed by atoms with Gasteiger partial charge in [-0.2, -0.15) is 0 Å². The quantitative estimate of drug-likeness (QED) is 0.668. The van der Waals surface area contributed by atoms with Gasteiger partial charge in [0.1, 0.15) is 0 Å². The van der Waals surface area contributed by atoms with Gasteiger partial charge in [-0.1, -0.05) is 20.8 Å². The van der Waals surface area contributed by atoms with Gasteiger partial charge in [-0.05, 0) is 52.0 Å². The highest BCUT2D eigenvalue weighted by molar-refractivity contribution is 4.92. The van der Waals surface area contributed by atoms with Crippen molar-refractivity contribution in [3.05, 3.63) is 0 Å². The van der Waals surface area contributed by atoms with E-state index >= 15 is 0 Å². The Morgan fingerprint density at radius 3 is 1.89 bits per heavy atom. The van der Waals surface area contributed by atoms with Crippen LogP contribution in [0.1, 0.15) is 60.8 Å². The standard InChI is InChI=1S/C15H29F2N/c1-14(2,3)12-8-7-11(13(16)17)9-10-18(12)15(4,5)6/h11-13H,7-10H2,1-6H3. The molecule has 1 saturated heterocycles. The second-order valence-electron chi connectivity index (χ2n) is 7.71. The molecule has 0 aromatic carbocycles. The van der Waals surface area contributed by atoms with E-state index in [1.54, 1.807) is 0 Å². The van der Waals surface area contributed by atoms with Crippen molar-refractivity contribution in [1.29, 1.82) is 0 Å². The van der Waals surface area contributed by atoms with Gasteiger partial charge in [0.2, 0.25) is 6.43 Å². The monoisotopic (exact) mass is 261 g/mol. The van der Waals surface area contributed by atoms with Crippen LogP contribution < -0.4 is 0 Å². The average Bonchev–Trinajstić information content (AvgIpc) is 2.36. The Morgan fingerprint density at radius 1 is 0.944 bits per heavy atom. The Kier molecular flexibility index (Phi) is 4.80. The van der Waals surface area contributed by atoms with Crippen molar-refractivity contribution in [3.8, 4) is 0 Å². The van der Waals surface area contributed by atoms with Crippen LogP contribution in [0.5, 0.6) is 0 Å².